The molecule has 0 aromatic heterocycles. The van der Waals surface area contributed by atoms with E-state index >= 15 is 0 Å². The third kappa shape index (κ3) is 3.17. The molecule has 4 nitrogen and oxygen atoms in total. The van der Waals surface area contributed by atoms with Gasteiger partial charge < -0.3 is 10.6 Å². The summed E-state index contributed by atoms with van der Waals surface area (Å²) in [6, 6.07) is 23.1. The van der Waals surface area contributed by atoms with E-state index in [9.17, 15) is 9.59 Å². The lowest BCUT2D eigenvalue weighted by atomic mass is 9.96. The molecule has 2 amide bonds. The van der Waals surface area contributed by atoms with Gasteiger partial charge in [-0.05, 0) is 23.3 Å². The average Bonchev–Trinajstić information content (AvgIpc) is 2.64. The van der Waals surface area contributed by atoms with Gasteiger partial charge >= 0.3 is 0 Å². The van der Waals surface area contributed by atoms with Gasteiger partial charge in [0.15, 0.2) is 0 Å². The molecular formula is C20H16N2O2. The van der Waals surface area contributed by atoms with Crippen LogP contribution in [0.15, 0.2) is 72.8 Å². The van der Waals surface area contributed by atoms with Crippen molar-refractivity contribution in [2.75, 3.05) is 10.6 Å². The molecule has 3 aromatic rings. The van der Waals surface area contributed by atoms with E-state index in [-0.39, 0.29) is 0 Å². The third-order valence-corrected chi connectivity index (χ3v) is 3.76. The number of carbonyl (C=O) groups is 2. The minimum absolute atomic E-state index is 0.656. The maximum absolute atomic E-state index is 11.0. The van der Waals surface area contributed by atoms with Gasteiger partial charge in [-0.2, -0.15) is 0 Å². The zero-order valence-corrected chi connectivity index (χ0v) is 12.9. The number of anilines is 2. The molecule has 0 aliphatic rings. The van der Waals surface area contributed by atoms with Crippen LogP contribution < -0.4 is 10.6 Å². The molecule has 118 valence electrons. The second kappa shape index (κ2) is 7.24. The number of carbonyl (C=O) groups excluding carboxylic acids is 2. The van der Waals surface area contributed by atoms with Crippen molar-refractivity contribution in [3.05, 3.63) is 72.8 Å². The molecule has 0 radical (unpaired) electrons. The number of hydrogen-bond donors (Lipinski definition) is 2. The Morgan fingerprint density at radius 1 is 0.583 bits per heavy atom. The number of rotatable bonds is 6. The highest BCUT2D eigenvalue weighted by Crippen LogP contribution is 2.38. The van der Waals surface area contributed by atoms with Crippen LogP contribution in [0.2, 0.25) is 0 Å². The zero-order chi connectivity index (χ0) is 16.8. The van der Waals surface area contributed by atoms with Gasteiger partial charge in [0.2, 0.25) is 12.8 Å². The molecule has 0 saturated heterocycles. The summed E-state index contributed by atoms with van der Waals surface area (Å²) in [5.41, 5.74) is 4.96. The van der Waals surface area contributed by atoms with E-state index in [1.807, 2.05) is 72.8 Å². The molecule has 0 saturated carbocycles. The highest BCUT2D eigenvalue weighted by molar-refractivity contribution is 5.96. The summed E-state index contributed by atoms with van der Waals surface area (Å²) in [4.78, 5) is 22.1. The highest BCUT2D eigenvalue weighted by atomic mass is 16.1. The zero-order valence-electron chi connectivity index (χ0n) is 12.9. The Bertz CT molecular complexity index is 773. The molecule has 0 heterocycles. The molecular weight excluding hydrogens is 300 g/mol. The van der Waals surface area contributed by atoms with Crippen molar-refractivity contribution >= 4 is 24.2 Å². The maximum Gasteiger partial charge on any atom is 0.211 e. The Labute approximate surface area is 140 Å². The predicted molar refractivity (Wildman–Crippen MR) is 96.7 cm³/mol. The lowest BCUT2D eigenvalue weighted by Crippen LogP contribution is -2.02. The molecule has 0 aliphatic heterocycles. The van der Waals surface area contributed by atoms with Crippen molar-refractivity contribution in [3.8, 4) is 22.3 Å². The Morgan fingerprint density at radius 2 is 0.958 bits per heavy atom. The molecule has 0 fully saturated rings. The van der Waals surface area contributed by atoms with Crippen molar-refractivity contribution < 1.29 is 9.59 Å². The van der Waals surface area contributed by atoms with Gasteiger partial charge in [-0.25, -0.2) is 0 Å². The number of benzene rings is 3. The second-order valence-electron chi connectivity index (χ2n) is 5.20. The average molecular weight is 316 g/mol. The molecule has 2 N–H and O–H groups in total. The first-order chi connectivity index (χ1) is 11.8. The number of nitrogens with one attached hydrogen (secondary N) is 2. The molecule has 0 atom stereocenters. The van der Waals surface area contributed by atoms with E-state index in [4.69, 9.17) is 0 Å². The van der Waals surface area contributed by atoms with Crippen molar-refractivity contribution in [1.29, 1.82) is 0 Å². The minimum atomic E-state index is 0.656. The maximum atomic E-state index is 11.0. The summed E-state index contributed by atoms with van der Waals surface area (Å²) in [5, 5.41) is 5.51. The normalized spacial score (nSPS) is 10.0. The Kier molecular flexibility index (Phi) is 4.68. The van der Waals surface area contributed by atoms with Gasteiger partial charge in [0.05, 0.1) is 0 Å². The van der Waals surface area contributed by atoms with Crippen molar-refractivity contribution in [1.82, 2.24) is 0 Å². The fraction of sp³-hybridized carbons (Fsp3) is 0. The summed E-state index contributed by atoms with van der Waals surface area (Å²) in [6.45, 7) is 0. The summed E-state index contributed by atoms with van der Waals surface area (Å²) in [6.07, 6.45) is 1.31. The van der Waals surface area contributed by atoms with Gasteiger partial charge in [-0.15, -0.1) is 0 Å². The van der Waals surface area contributed by atoms with Crippen LogP contribution in [0.4, 0.5) is 11.4 Å². The fourth-order valence-corrected chi connectivity index (χ4v) is 2.68. The SMILES string of the molecule is O=CNc1cc(-c2ccccc2)c(NC=O)cc1-c1ccccc1. The van der Waals surface area contributed by atoms with Crippen molar-refractivity contribution in [2.24, 2.45) is 0 Å². The van der Waals surface area contributed by atoms with E-state index < -0.39 is 0 Å². The predicted octanol–water partition coefficient (Wildman–Crippen LogP) is 4.16. The standard InChI is InChI=1S/C20H16N2O2/c23-13-21-19-12-18(16-9-5-2-6-10-16)20(22-14-24)11-17(19)15-7-3-1-4-8-15/h1-14H,(H,21,23)(H,22,24). The van der Waals surface area contributed by atoms with Gasteiger partial charge in [-0.1, -0.05) is 60.7 Å². The molecule has 3 rings (SSSR count). The highest BCUT2D eigenvalue weighted by Gasteiger charge is 2.12. The molecule has 24 heavy (non-hydrogen) atoms. The lowest BCUT2D eigenvalue weighted by molar-refractivity contribution is -0.106. The number of hydrogen-bond acceptors (Lipinski definition) is 2. The van der Waals surface area contributed by atoms with Crippen LogP contribution in [0.1, 0.15) is 0 Å². The van der Waals surface area contributed by atoms with Gasteiger partial charge in [0.25, 0.3) is 0 Å². The monoisotopic (exact) mass is 316 g/mol. The third-order valence-electron chi connectivity index (χ3n) is 3.76. The largest absolute Gasteiger partial charge is 0.328 e. The molecule has 3 aromatic carbocycles. The van der Waals surface area contributed by atoms with Crippen LogP contribution in [0, 0.1) is 0 Å². The molecule has 0 bridgehead atoms. The molecule has 0 spiro atoms. The Morgan fingerprint density at radius 3 is 1.29 bits per heavy atom. The fourth-order valence-electron chi connectivity index (χ4n) is 2.68. The van der Waals surface area contributed by atoms with Crippen molar-refractivity contribution in [2.45, 2.75) is 0 Å². The first kappa shape index (κ1) is 15.5. The van der Waals surface area contributed by atoms with Crippen molar-refractivity contribution in [3.63, 3.8) is 0 Å². The van der Waals surface area contributed by atoms with Crippen LogP contribution in [0.5, 0.6) is 0 Å². The summed E-state index contributed by atoms with van der Waals surface area (Å²) >= 11 is 0. The summed E-state index contributed by atoms with van der Waals surface area (Å²) < 4.78 is 0. The van der Waals surface area contributed by atoms with Gasteiger partial charge in [-0.3, -0.25) is 9.59 Å². The first-order valence-corrected chi connectivity index (χ1v) is 7.52. The number of amides is 2. The quantitative estimate of drug-likeness (QED) is 0.671. The minimum Gasteiger partial charge on any atom is -0.328 e. The van der Waals surface area contributed by atoms with Gasteiger partial charge in [0, 0.05) is 22.5 Å². The van der Waals surface area contributed by atoms with E-state index in [0.29, 0.717) is 24.2 Å². The lowest BCUT2D eigenvalue weighted by Gasteiger charge is -2.16. The second-order valence-corrected chi connectivity index (χ2v) is 5.20. The van der Waals surface area contributed by atoms with Crippen LogP contribution in [-0.4, -0.2) is 12.8 Å². The first-order valence-electron chi connectivity index (χ1n) is 7.52. The van der Waals surface area contributed by atoms with E-state index in [1.54, 1.807) is 0 Å². The Hall–Kier alpha value is -3.40. The van der Waals surface area contributed by atoms with Crippen LogP contribution in [0.3, 0.4) is 0 Å². The Balaban J connectivity index is 2.22. The molecule has 0 unspecified atom stereocenters. The topological polar surface area (TPSA) is 58.2 Å². The molecule has 0 aliphatic carbocycles. The van der Waals surface area contributed by atoms with Crippen LogP contribution >= 0.6 is 0 Å². The van der Waals surface area contributed by atoms with E-state index in [1.165, 1.54) is 0 Å². The van der Waals surface area contributed by atoms with Crippen LogP contribution in [-0.2, 0) is 9.59 Å². The smallest absolute Gasteiger partial charge is 0.211 e. The van der Waals surface area contributed by atoms with Crippen LogP contribution in [0.25, 0.3) is 22.3 Å². The van der Waals surface area contributed by atoms with E-state index in [0.717, 1.165) is 22.3 Å². The summed E-state index contributed by atoms with van der Waals surface area (Å²) in [7, 11) is 0. The summed E-state index contributed by atoms with van der Waals surface area (Å²) in [5.74, 6) is 0. The van der Waals surface area contributed by atoms with E-state index in [2.05, 4.69) is 10.6 Å². The molecule has 4 heteroatoms. The van der Waals surface area contributed by atoms with Gasteiger partial charge in [0.1, 0.15) is 0 Å².